The fourth-order valence-corrected chi connectivity index (χ4v) is 3.72. The molecule has 0 bridgehead atoms. The van der Waals surface area contributed by atoms with Gasteiger partial charge in [0.2, 0.25) is 5.95 Å². The van der Waals surface area contributed by atoms with Gasteiger partial charge in [0.05, 0.1) is 7.11 Å². The van der Waals surface area contributed by atoms with Gasteiger partial charge in [0.1, 0.15) is 11.8 Å². The van der Waals surface area contributed by atoms with E-state index >= 15 is 0 Å². The molecule has 134 valence electrons. The number of benzene rings is 1. The van der Waals surface area contributed by atoms with E-state index in [0.29, 0.717) is 12.4 Å². The number of anilines is 1. The summed E-state index contributed by atoms with van der Waals surface area (Å²) in [6, 6.07) is 9.55. The van der Waals surface area contributed by atoms with Crippen molar-refractivity contribution in [3.63, 3.8) is 0 Å². The van der Waals surface area contributed by atoms with Crippen molar-refractivity contribution in [1.82, 2.24) is 15.4 Å². The first kappa shape index (κ1) is 16.6. The third-order valence-corrected chi connectivity index (χ3v) is 4.86. The van der Waals surface area contributed by atoms with Crippen LogP contribution in [0, 0.1) is 13.8 Å². The van der Waals surface area contributed by atoms with Crippen molar-refractivity contribution in [2.45, 2.75) is 39.2 Å². The molecule has 0 spiro atoms. The van der Waals surface area contributed by atoms with Crippen LogP contribution in [0.3, 0.4) is 0 Å². The Balaban J connectivity index is 1.81. The van der Waals surface area contributed by atoms with Crippen molar-refractivity contribution in [3.05, 3.63) is 58.6 Å². The molecule has 2 aliphatic rings. The van der Waals surface area contributed by atoms with E-state index in [2.05, 4.69) is 15.4 Å². The second kappa shape index (κ2) is 6.44. The van der Waals surface area contributed by atoms with Gasteiger partial charge in [-0.1, -0.05) is 12.1 Å². The van der Waals surface area contributed by atoms with Crippen molar-refractivity contribution in [3.8, 4) is 5.75 Å². The molecule has 1 aliphatic heterocycles. The molecule has 6 heteroatoms. The summed E-state index contributed by atoms with van der Waals surface area (Å²) in [7, 11) is 1.65. The highest BCUT2D eigenvalue weighted by molar-refractivity contribution is 5.99. The average molecular weight is 350 g/mol. The summed E-state index contributed by atoms with van der Waals surface area (Å²) in [5, 5.41) is 1.93. The SMILES string of the molecule is COc1ccc([C@@H]2C3=C(CCCC3=O)NN2c2nc(C)cc(C)n2)cc1. The summed E-state index contributed by atoms with van der Waals surface area (Å²) in [5.41, 5.74) is 8.05. The van der Waals surface area contributed by atoms with E-state index < -0.39 is 0 Å². The lowest BCUT2D eigenvalue weighted by atomic mass is 9.88. The molecule has 1 aromatic heterocycles. The topological polar surface area (TPSA) is 67.3 Å². The van der Waals surface area contributed by atoms with E-state index in [4.69, 9.17) is 4.74 Å². The van der Waals surface area contributed by atoms with Gasteiger partial charge in [0.25, 0.3) is 0 Å². The Bertz CT molecular complexity index is 869. The molecule has 0 saturated carbocycles. The number of allylic oxidation sites excluding steroid dienone is 1. The molecule has 0 amide bonds. The monoisotopic (exact) mass is 350 g/mol. The molecule has 0 unspecified atom stereocenters. The maximum absolute atomic E-state index is 12.7. The number of methoxy groups -OCH3 is 1. The van der Waals surface area contributed by atoms with Crippen molar-refractivity contribution >= 4 is 11.7 Å². The number of rotatable bonds is 3. The zero-order valence-electron chi connectivity index (χ0n) is 15.2. The van der Waals surface area contributed by atoms with Gasteiger partial charge < -0.3 is 4.74 Å². The lowest BCUT2D eigenvalue weighted by molar-refractivity contribution is -0.116. The largest absolute Gasteiger partial charge is 0.497 e. The van der Waals surface area contributed by atoms with Crippen molar-refractivity contribution < 1.29 is 9.53 Å². The van der Waals surface area contributed by atoms with Gasteiger partial charge in [-0.25, -0.2) is 15.0 Å². The first-order chi connectivity index (χ1) is 12.6. The van der Waals surface area contributed by atoms with Crippen LogP contribution >= 0.6 is 0 Å². The van der Waals surface area contributed by atoms with Crippen molar-refractivity contribution in [2.24, 2.45) is 0 Å². The summed E-state index contributed by atoms with van der Waals surface area (Å²) in [6.45, 7) is 3.91. The molecule has 0 fully saturated rings. The lowest BCUT2D eigenvalue weighted by Gasteiger charge is -2.27. The maximum atomic E-state index is 12.7. The highest BCUT2D eigenvalue weighted by Gasteiger charge is 2.40. The first-order valence-corrected chi connectivity index (χ1v) is 8.85. The Hall–Kier alpha value is -2.89. The average Bonchev–Trinajstić information content (AvgIpc) is 3.02. The van der Waals surface area contributed by atoms with Crippen LogP contribution in [0.15, 0.2) is 41.6 Å². The number of nitrogens with zero attached hydrogens (tertiary/aromatic N) is 3. The molecular weight excluding hydrogens is 328 g/mol. The van der Waals surface area contributed by atoms with Gasteiger partial charge >= 0.3 is 0 Å². The minimum atomic E-state index is -0.232. The normalized spacial score (nSPS) is 19.4. The third-order valence-electron chi connectivity index (χ3n) is 4.86. The Kier molecular flexibility index (Phi) is 4.11. The van der Waals surface area contributed by atoms with Crippen molar-refractivity contribution in [2.75, 3.05) is 12.1 Å². The summed E-state index contributed by atoms with van der Waals surface area (Å²) in [5.74, 6) is 1.58. The second-order valence-electron chi connectivity index (χ2n) is 6.78. The summed E-state index contributed by atoms with van der Waals surface area (Å²) < 4.78 is 5.27. The Morgan fingerprint density at radius 1 is 1.12 bits per heavy atom. The van der Waals surface area contributed by atoms with Gasteiger partial charge in [-0.05, 0) is 50.5 Å². The number of ether oxygens (including phenoxy) is 1. The molecule has 1 aromatic carbocycles. The van der Waals surface area contributed by atoms with Crippen LogP contribution in [0.25, 0.3) is 0 Å². The highest BCUT2D eigenvalue weighted by atomic mass is 16.5. The van der Waals surface area contributed by atoms with Gasteiger partial charge in [0, 0.05) is 29.1 Å². The van der Waals surface area contributed by atoms with Crippen LogP contribution in [0.4, 0.5) is 5.95 Å². The quantitative estimate of drug-likeness (QED) is 0.917. The molecule has 1 N–H and O–H groups in total. The Morgan fingerprint density at radius 2 is 1.81 bits per heavy atom. The molecular formula is C20H22N4O2. The predicted molar refractivity (Wildman–Crippen MR) is 98.7 cm³/mol. The number of aromatic nitrogens is 2. The Labute approximate surface area is 152 Å². The summed E-state index contributed by atoms with van der Waals surface area (Å²) in [4.78, 5) is 21.9. The van der Waals surface area contributed by atoms with Crippen LogP contribution in [-0.4, -0.2) is 22.9 Å². The van der Waals surface area contributed by atoms with Gasteiger partial charge in [-0.2, -0.15) is 0 Å². The molecule has 1 atom stereocenters. The second-order valence-corrected chi connectivity index (χ2v) is 6.78. The maximum Gasteiger partial charge on any atom is 0.245 e. The fraction of sp³-hybridized carbons (Fsp3) is 0.350. The zero-order valence-corrected chi connectivity index (χ0v) is 15.2. The molecule has 0 radical (unpaired) electrons. The number of hydrogen-bond donors (Lipinski definition) is 1. The smallest absolute Gasteiger partial charge is 0.245 e. The Morgan fingerprint density at radius 3 is 2.46 bits per heavy atom. The molecule has 2 aromatic rings. The minimum absolute atomic E-state index is 0.200. The molecule has 1 aliphatic carbocycles. The zero-order chi connectivity index (χ0) is 18.3. The summed E-state index contributed by atoms with van der Waals surface area (Å²) >= 11 is 0. The van der Waals surface area contributed by atoms with Crippen LogP contribution < -0.4 is 15.2 Å². The summed E-state index contributed by atoms with van der Waals surface area (Å²) in [6.07, 6.45) is 2.34. The number of ketones is 1. The van der Waals surface area contributed by atoms with Crippen LogP contribution in [0.1, 0.15) is 42.3 Å². The number of hydrazine groups is 1. The third kappa shape index (κ3) is 2.81. The molecule has 26 heavy (non-hydrogen) atoms. The van der Waals surface area contributed by atoms with E-state index in [-0.39, 0.29) is 11.8 Å². The number of Topliss-reactive ketones (excluding diaryl/α,β-unsaturated/α-hetero) is 1. The number of carbonyl (C=O) groups is 1. The number of aryl methyl sites for hydroxylation is 2. The number of hydrogen-bond acceptors (Lipinski definition) is 6. The first-order valence-electron chi connectivity index (χ1n) is 8.85. The van der Waals surface area contributed by atoms with Gasteiger partial charge in [0.15, 0.2) is 5.78 Å². The van der Waals surface area contributed by atoms with E-state index in [0.717, 1.165) is 46.8 Å². The molecule has 6 nitrogen and oxygen atoms in total. The lowest BCUT2D eigenvalue weighted by Crippen LogP contribution is -2.36. The van der Waals surface area contributed by atoms with E-state index in [1.165, 1.54) is 0 Å². The van der Waals surface area contributed by atoms with Crippen LogP contribution in [0.2, 0.25) is 0 Å². The standard InChI is InChI=1S/C20H22N4O2/c1-12-11-13(2)22-20(21-12)24-19(14-7-9-15(26-3)10-8-14)18-16(23-24)5-4-6-17(18)25/h7-11,19,23H,4-6H2,1-3H3/t19-/m1/s1. The van der Waals surface area contributed by atoms with Gasteiger partial charge in [-0.3, -0.25) is 10.2 Å². The fourth-order valence-electron chi connectivity index (χ4n) is 3.72. The molecule has 2 heterocycles. The molecule has 4 rings (SSSR count). The van der Waals surface area contributed by atoms with Crippen molar-refractivity contribution in [1.29, 1.82) is 0 Å². The van der Waals surface area contributed by atoms with Gasteiger partial charge in [-0.15, -0.1) is 0 Å². The van der Waals surface area contributed by atoms with Crippen LogP contribution in [-0.2, 0) is 4.79 Å². The molecule has 0 saturated heterocycles. The highest BCUT2D eigenvalue weighted by Crippen LogP contribution is 2.41. The van der Waals surface area contributed by atoms with E-state index in [1.807, 2.05) is 49.2 Å². The van der Waals surface area contributed by atoms with E-state index in [9.17, 15) is 4.79 Å². The van der Waals surface area contributed by atoms with Crippen LogP contribution in [0.5, 0.6) is 5.75 Å². The number of nitrogens with one attached hydrogen (secondary N) is 1. The predicted octanol–water partition coefficient (Wildman–Crippen LogP) is 3.18. The minimum Gasteiger partial charge on any atom is -0.497 e. The van der Waals surface area contributed by atoms with E-state index in [1.54, 1.807) is 7.11 Å². The number of carbonyl (C=O) groups excluding carboxylic acids is 1.